The minimum absolute atomic E-state index is 0.554. The SMILES string of the molecule is COc1ccccc1-c1ccnc(NC2CC2)n1. The van der Waals surface area contributed by atoms with Crippen LogP contribution < -0.4 is 10.1 Å². The minimum atomic E-state index is 0.554. The molecule has 0 unspecified atom stereocenters. The van der Waals surface area contributed by atoms with Crippen LogP contribution in [0.1, 0.15) is 12.8 Å². The van der Waals surface area contributed by atoms with Gasteiger partial charge in [-0.05, 0) is 31.0 Å². The van der Waals surface area contributed by atoms with Crippen molar-refractivity contribution in [3.63, 3.8) is 0 Å². The lowest BCUT2D eigenvalue weighted by Crippen LogP contribution is -2.05. The molecule has 1 aromatic carbocycles. The van der Waals surface area contributed by atoms with Gasteiger partial charge in [-0.1, -0.05) is 12.1 Å². The van der Waals surface area contributed by atoms with Crippen LogP contribution in [0.2, 0.25) is 0 Å². The van der Waals surface area contributed by atoms with Crippen LogP contribution in [0.25, 0.3) is 11.3 Å². The highest BCUT2D eigenvalue weighted by atomic mass is 16.5. The van der Waals surface area contributed by atoms with Crippen molar-refractivity contribution in [2.45, 2.75) is 18.9 Å². The van der Waals surface area contributed by atoms with Crippen molar-refractivity contribution in [3.8, 4) is 17.0 Å². The number of aromatic nitrogens is 2. The number of hydrogen-bond acceptors (Lipinski definition) is 4. The molecule has 4 nitrogen and oxygen atoms in total. The molecule has 18 heavy (non-hydrogen) atoms. The van der Waals surface area contributed by atoms with Crippen LogP contribution in [0.5, 0.6) is 5.75 Å². The van der Waals surface area contributed by atoms with Gasteiger partial charge in [0.25, 0.3) is 0 Å². The Balaban J connectivity index is 1.94. The van der Waals surface area contributed by atoms with Crippen molar-refractivity contribution in [2.75, 3.05) is 12.4 Å². The van der Waals surface area contributed by atoms with Gasteiger partial charge in [-0.25, -0.2) is 9.97 Å². The average Bonchev–Trinajstić information content (AvgIpc) is 3.23. The van der Waals surface area contributed by atoms with Crippen LogP contribution in [0, 0.1) is 0 Å². The molecule has 2 aromatic rings. The molecule has 0 saturated heterocycles. The van der Waals surface area contributed by atoms with E-state index in [1.165, 1.54) is 12.8 Å². The second-order valence-corrected chi connectivity index (χ2v) is 4.38. The molecule has 1 fully saturated rings. The lowest BCUT2D eigenvalue weighted by Gasteiger charge is -2.09. The first-order chi connectivity index (χ1) is 8.86. The summed E-state index contributed by atoms with van der Waals surface area (Å²) in [5, 5.41) is 3.30. The Kier molecular flexibility index (Phi) is 2.84. The summed E-state index contributed by atoms with van der Waals surface area (Å²) in [5.74, 6) is 1.52. The summed E-state index contributed by atoms with van der Waals surface area (Å²) in [6.07, 6.45) is 4.20. The molecule has 0 radical (unpaired) electrons. The second-order valence-electron chi connectivity index (χ2n) is 4.38. The number of nitrogens with one attached hydrogen (secondary N) is 1. The Morgan fingerprint density at radius 1 is 1.22 bits per heavy atom. The van der Waals surface area contributed by atoms with E-state index < -0.39 is 0 Å². The molecule has 0 amide bonds. The highest BCUT2D eigenvalue weighted by molar-refractivity contribution is 5.67. The normalized spacial score (nSPS) is 14.3. The van der Waals surface area contributed by atoms with Crippen molar-refractivity contribution >= 4 is 5.95 Å². The van der Waals surface area contributed by atoms with E-state index in [-0.39, 0.29) is 0 Å². The molecule has 1 aliphatic rings. The molecule has 92 valence electrons. The van der Waals surface area contributed by atoms with Crippen molar-refractivity contribution < 1.29 is 4.74 Å². The quantitative estimate of drug-likeness (QED) is 0.894. The van der Waals surface area contributed by atoms with E-state index >= 15 is 0 Å². The van der Waals surface area contributed by atoms with Crippen LogP contribution in [0.15, 0.2) is 36.5 Å². The number of nitrogens with zero attached hydrogens (tertiary/aromatic N) is 2. The summed E-state index contributed by atoms with van der Waals surface area (Å²) in [6, 6.07) is 10.3. The summed E-state index contributed by atoms with van der Waals surface area (Å²) >= 11 is 0. The Labute approximate surface area is 106 Å². The van der Waals surface area contributed by atoms with Crippen LogP contribution in [-0.2, 0) is 0 Å². The number of hydrogen-bond donors (Lipinski definition) is 1. The molecule has 1 saturated carbocycles. The van der Waals surface area contributed by atoms with Gasteiger partial charge in [0.05, 0.1) is 12.8 Å². The summed E-state index contributed by atoms with van der Waals surface area (Å²) in [6.45, 7) is 0. The molecule has 1 heterocycles. The fraction of sp³-hybridized carbons (Fsp3) is 0.286. The molecule has 0 spiro atoms. The van der Waals surface area contributed by atoms with E-state index in [0.29, 0.717) is 12.0 Å². The van der Waals surface area contributed by atoms with Gasteiger partial charge in [0, 0.05) is 17.8 Å². The summed E-state index contributed by atoms with van der Waals surface area (Å²) in [4.78, 5) is 8.77. The number of ether oxygens (including phenoxy) is 1. The Morgan fingerprint density at radius 3 is 2.83 bits per heavy atom. The van der Waals surface area contributed by atoms with Gasteiger partial charge < -0.3 is 10.1 Å². The van der Waals surface area contributed by atoms with Crippen LogP contribution in [0.4, 0.5) is 5.95 Å². The molecule has 0 bridgehead atoms. The monoisotopic (exact) mass is 241 g/mol. The van der Waals surface area contributed by atoms with Gasteiger partial charge in [-0.3, -0.25) is 0 Å². The number of benzene rings is 1. The zero-order chi connectivity index (χ0) is 12.4. The van der Waals surface area contributed by atoms with Crippen LogP contribution in [0.3, 0.4) is 0 Å². The van der Waals surface area contributed by atoms with E-state index in [0.717, 1.165) is 17.0 Å². The molecule has 1 N–H and O–H groups in total. The highest BCUT2D eigenvalue weighted by Gasteiger charge is 2.22. The maximum absolute atomic E-state index is 5.35. The minimum Gasteiger partial charge on any atom is -0.496 e. The highest BCUT2D eigenvalue weighted by Crippen LogP contribution is 2.29. The summed E-state index contributed by atoms with van der Waals surface area (Å²) < 4.78 is 5.35. The molecule has 4 heteroatoms. The number of anilines is 1. The van der Waals surface area contributed by atoms with Crippen molar-refractivity contribution in [3.05, 3.63) is 36.5 Å². The first-order valence-electron chi connectivity index (χ1n) is 6.10. The lowest BCUT2D eigenvalue weighted by atomic mass is 10.1. The van der Waals surface area contributed by atoms with E-state index in [4.69, 9.17) is 4.74 Å². The molecular weight excluding hydrogens is 226 g/mol. The van der Waals surface area contributed by atoms with Crippen molar-refractivity contribution in [2.24, 2.45) is 0 Å². The first kappa shape index (κ1) is 11.0. The molecule has 1 aliphatic carbocycles. The number of rotatable bonds is 4. The third-order valence-corrected chi connectivity index (χ3v) is 2.95. The van der Waals surface area contributed by atoms with E-state index in [9.17, 15) is 0 Å². The Morgan fingerprint density at radius 2 is 2.06 bits per heavy atom. The van der Waals surface area contributed by atoms with Gasteiger partial charge >= 0.3 is 0 Å². The average molecular weight is 241 g/mol. The number of para-hydroxylation sites is 1. The van der Waals surface area contributed by atoms with Gasteiger partial charge in [-0.2, -0.15) is 0 Å². The predicted molar refractivity (Wildman–Crippen MR) is 70.7 cm³/mol. The molecular formula is C14H15N3O. The van der Waals surface area contributed by atoms with Crippen molar-refractivity contribution in [1.82, 2.24) is 9.97 Å². The fourth-order valence-corrected chi connectivity index (χ4v) is 1.84. The maximum atomic E-state index is 5.35. The lowest BCUT2D eigenvalue weighted by molar-refractivity contribution is 0.416. The largest absolute Gasteiger partial charge is 0.496 e. The van der Waals surface area contributed by atoms with Gasteiger partial charge in [0.15, 0.2) is 0 Å². The smallest absolute Gasteiger partial charge is 0.223 e. The zero-order valence-electron chi connectivity index (χ0n) is 10.3. The number of methoxy groups -OCH3 is 1. The summed E-state index contributed by atoms with van der Waals surface area (Å²) in [7, 11) is 1.67. The maximum Gasteiger partial charge on any atom is 0.223 e. The second kappa shape index (κ2) is 4.64. The molecule has 0 atom stereocenters. The Hall–Kier alpha value is -2.10. The predicted octanol–water partition coefficient (Wildman–Crippen LogP) is 2.73. The third kappa shape index (κ3) is 2.27. The van der Waals surface area contributed by atoms with Gasteiger partial charge in [-0.15, -0.1) is 0 Å². The first-order valence-corrected chi connectivity index (χ1v) is 6.10. The van der Waals surface area contributed by atoms with E-state index in [2.05, 4.69) is 15.3 Å². The van der Waals surface area contributed by atoms with E-state index in [1.807, 2.05) is 30.3 Å². The molecule has 3 rings (SSSR count). The van der Waals surface area contributed by atoms with Crippen LogP contribution in [-0.4, -0.2) is 23.1 Å². The van der Waals surface area contributed by atoms with E-state index in [1.54, 1.807) is 13.3 Å². The van der Waals surface area contributed by atoms with Crippen LogP contribution >= 0.6 is 0 Å². The topological polar surface area (TPSA) is 47.0 Å². The molecule has 1 aromatic heterocycles. The standard InChI is InChI=1S/C14H15N3O/c1-18-13-5-3-2-4-11(13)12-8-9-15-14(17-12)16-10-6-7-10/h2-5,8-10H,6-7H2,1H3,(H,15,16,17). The zero-order valence-corrected chi connectivity index (χ0v) is 10.3. The molecule has 0 aliphatic heterocycles. The van der Waals surface area contributed by atoms with Gasteiger partial charge in [0.2, 0.25) is 5.95 Å². The third-order valence-electron chi connectivity index (χ3n) is 2.95. The van der Waals surface area contributed by atoms with Gasteiger partial charge in [0.1, 0.15) is 5.75 Å². The Bertz CT molecular complexity index is 552. The summed E-state index contributed by atoms with van der Waals surface area (Å²) in [5.41, 5.74) is 1.87. The fourth-order valence-electron chi connectivity index (χ4n) is 1.84. The van der Waals surface area contributed by atoms with Crippen molar-refractivity contribution in [1.29, 1.82) is 0 Å².